The van der Waals surface area contributed by atoms with E-state index in [-0.39, 0.29) is 5.97 Å². The monoisotopic (exact) mass is 284 g/mol. The second-order valence-corrected chi connectivity index (χ2v) is 6.31. The Balaban J connectivity index is 1.68. The first-order chi connectivity index (χ1) is 9.24. The molecule has 0 aromatic carbocycles. The topological polar surface area (TPSA) is 50.7 Å². The first-order valence-electron chi connectivity index (χ1n) is 7.35. The summed E-state index contributed by atoms with van der Waals surface area (Å²) in [5.41, 5.74) is 0.322. The maximum Gasteiger partial charge on any atom is 0.305 e. The molecule has 2 aliphatic rings. The second kappa shape index (κ2) is 7.17. The Kier molecular flexibility index (Phi) is 5.55. The number of ether oxygens (including phenoxy) is 1. The minimum atomic E-state index is -0.113. The highest BCUT2D eigenvalue weighted by Crippen LogP contribution is 2.36. The van der Waals surface area contributed by atoms with Gasteiger partial charge in [0.1, 0.15) is 0 Å². The Morgan fingerprint density at radius 1 is 1.42 bits per heavy atom. The summed E-state index contributed by atoms with van der Waals surface area (Å²) in [6.07, 6.45) is 7.86. The minimum absolute atomic E-state index is 0.113. The van der Waals surface area contributed by atoms with Gasteiger partial charge in [0, 0.05) is 24.3 Å². The summed E-state index contributed by atoms with van der Waals surface area (Å²) < 4.78 is 4.90. The van der Waals surface area contributed by atoms with E-state index in [0.29, 0.717) is 25.1 Å². The second-order valence-electron chi connectivity index (χ2n) is 5.35. The van der Waals surface area contributed by atoms with Crippen molar-refractivity contribution in [3.63, 3.8) is 0 Å². The summed E-state index contributed by atoms with van der Waals surface area (Å²) in [7, 11) is 0. The Morgan fingerprint density at radius 3 is 2.95 bits per heavy atom. The molecule has 2 rings (SSSR count). The molecule has 0 bridgehead atoms. The Bertz CT molecular complexity index is 338. The molecule has 1 saturated heterocycles. The fourth-order valence-corrected chi connectivity index (χ4v) is 3.97. The number of nitrogens with one attached hydrogen (secondary N) is 1. The normalized spacial score (nSPS) is 23.5. The molecular weight excluding hydrogens is 260 g/mol. The van der Waals surface area contributed by atoms with Gasteiger partial charge in [-0.05, 0) is 26.2 Å². The van der Waals surface area contributed by atoms with Gasteiger partial charge < -0.3 is 10.1 Å². The molecule has 19 heavy (non-hydrogen) atoms. The van der Waals surface area contributed by atoms with Crippen LogP contribution in [0.1, 0.15) is 51.9 Å². The predicted octanol–water partition coefficient (Wildman–Crippen LogP) is 2.73. The molecule has 0 aromatic rings. The molecule has 1 saturated carbocycles. The summed E-state index contributed by atoms with van der Waals surface area (Å²) in [5, 5.41) is 4.69. The van der Waals surface area contributed by atoms with Gasteiger partial charge >= 0.3 is 5.97 Å². The highest BCUT2D eigenvalue weighted by Gasteiger charge is 2.37. The summed E-state index contributed by atoms with van der Waals surface area (Å²) in [6, 6.07) is 0. The zero-order chi connectivity index (χ0) is 13.6. The standard InChI is InChI=1S/C14H24N2O2S/c1-2-18-12(17)7-6-10-15-13-16-14(11-19-13)8-4-3-5-9-14/h2-11H2,1H3,(H,15,16). The van der Waals surface area contributed by atoms with Gasteiger partial charge in [0.2, 0.25) is 0 Å². The lowest BCUT2D eigenvalue weighted by Gasteiger charge is -2.32. The molecule has 0 aromatic heterocycles. The third-order valence-electron chi connectivity index (χ3n) is 3.77. The zero-order valence-corrected chi connectivity index (χ0v) is 12.6. The van der Waals surface area contributed by atoms with Crippen molar-refractivity contribution in [1.29, 1.82) is 0 Å². The highest BCUT2D eigenvalue weighted by atomic mass is 32.2. The van der Waals surface area contributed by atoms with Crippen molar-refractivity contribution in [2.75, 3.05) is 18.9 Å². The van der Waals surface area contributed by atoms with Gasteiger partial charge in [0.25, 0.3) is 0 Å². The molecule has 1 heterocycles. The number of carbonyl (C=O) groups excluding carboxylic acids is 1. The number of amidine groups is 1. The lowest BCUT2D eigenvalue weighted by atomic mass is 9.83. The summed E-state index contributed by atoms with van der Waals surface area (Å²) in [4.78, 5) is 15.8. The van der Waals surface area contributed by atoms with Gasteiger partial charge in [0.15, 0.2) is 5.17 Å². The van der Waals surface area contributed by atoms with Crippen molar-refractivity contribution in [2.45, 2.75) is 57.4 Å². The smallest absolute Gasteiger partial charge is 0.305 e. The van der Waals surface area contributed by atoms with Crippen LogP contribution in [0.25, 0.3) is 0 Å². The summed E-state index contributed by atoms with van der Waals surface area (Å²) >= 11 is 1.84. The number of nitrogens with zero attached hydrogens (tertiary/aromatic N) is 1. The molecule has 0 radical (unpaired) electrons. The van der Waals surface area contributed by atoms with Crippen molar-refractivity contribution in [3.05, 3.63) is 0 Å². The minimum Gasteiger partial charge on any atom is -0.466 e. The number of hydrogen-bond acceptors (Lipinski definition) is 4. The van der Waals surface area contributed by atoms with E-state index in [1.807, 2.05) is 18.7 Å². The van der Waals surface area contributed by atoms with Crippen LogP contribution in [0.3, 0.4) is 0 Å². The van der Waals surface area contributed by atoms with Crippen LogP contribution in [0, 0.1) is 0 Å². The van der Waals surface area contributed by atoms with Crippen LogP contribution in [0.4, 0.5) is 0 Å². The molecule has 0 atom stereocenters. The molecule has 1 aliphatic carbocycles. The number of rotatable bonds is 5. The molecule has 5 heteroatoms. The number of esters is 1. The van der Waals surface area contributed by atoms with E-state index >= 15 is 0 Å². The Hall–Kier alpha value is -0.710. The first kappa shape index (κ1) is 14.7. The SMILES string of the molecule is CCOC(=O)CCCN=C1NC2(CCCCC2)CS1. The van der Waals surface area contributed by atoms with Crippen LogP contribution >= 0.6 is 11.8 Å². The molecule has 4 nitrogen and oxygen atoms in total. The molecule has 108 valence electrons. The lowest BCUT2D eigenvalue weighted by molar-refractivity contribution is -0.143. The maximum atomic E-state index is 11.2. The molecular formula is C14H24N2O2S. The molecule has 0 amide bonds. The van der Waals surface area contributed by atoms with E-state index in [1.165, 1.54) is 32.1 Å². The summed E-state index contributed by atoms with van der Waals surface area (Å²) in [6.45, 7) is 3.01. The Morgan fingerprint density at radius 2 is 2.21 bits per heavy atom. The van der Waals surface area contributed by atoms with Crippen molar-refractivity contribution in [1.82, 2.24) is 5.32 Å². The quantitative estimate of drug-likeness (QED) is 0.623. The van der Waals surface area contributed by atoms with Gasteiger partial charge in [-0.3, -0.25) is 9.79 Å². The van der Waals surface area contributed by atoms with Crippen LogP contribution in [0.2, 0.25) is 0 Å². The van der Waals surface area contributed by atoms with Crippen LogP contribution in [-0.2, 0) is 9.53 Å². The van der Waals surface area contributed by atoms with Crippen LogP contribution in [-0.4, -0.2) is 35.6 Å². The molecule has 0 unspecified atom stereocenters. The number of hydrogen-bond donors (Lipinski definition) is 1. The van der Waals surface area contributed by atoms with Crippen molar-refractivity contribution in [2.24, 2.45) is 4.99 Å². The molecule has 1 aliphatic heterocycles. The highest BCUT2D eigenvalue weighted by molar-refractivity contribution is 8.14. The predicted molar refractivity (Wildman–Crippen MR) is 79.6 cm³/mol. The molecule has 1 N–H and O–H groups in total. The fraction of sp³-hybridized carbons (Fsp3) is 0.857. The van der Waals surface area contributed by atoms with Crippen molar-refractivity contribution >= 4 is 22.9 Å². The Labute approximate surface area is 119 Å². The zero-order valence-electron chi connectivity index (χ0n) is 11.7. The van der Waals surface area contributed by atoms with Crippen LogP contribution in [0.5, 0.6) is 0 Å². The van der Waals surface area contributed by atoms with E-state index in [9.17, 15) is 4.79 Å². The van der Waals surface area contributed by atoms with Gasteiger partial charge in [-0.2, -0.15) is 0 Å². The third kappa shape index (κ3) is 4.41. The van der Waals surface area contributed by atoms with Crippen molar-refractivity contribution < 1.29 is 9.53 Å². The van der Waals surface area contributed by atoms with Crippen molar-refractivity contribution in [3.8, 4) is 0 Å². The first-order valence-corrected chi connectivity index (χ1v) is 8.34. The van der Waals surface area contributed by atoms with Gasteiger partial charge in [0.05, 0.1) is 6.61 Å². The number of carbonyl (C=O) groups is 1. The number of thioether (sulfide) groups is 1. The average Bonchev–Trinajstić information content (AvgIpc) is 2.79. The summed E-state index contributed by atoms with van der Waals surface area (Å²) in [5.74, 6) is 1.04. The van der Waals surface area contributed by atoms with Gasteiger partial charge in [-0.1, -0.05) is 31.0 Å². The number of aliphatic imine (C=N–C) groups is 1. The fourth-order valence-electron chi connectivity index (χ4n) is 2.73. The average molecular weight is 284 g/mol. The molecule has 1 spiro atoms. The third-order valence-corrected chi connectivity index (χ3v) is 4.97. The van der Waals surface area contributed by atoms with Gasteiger partial charge in [-0.25, -0.2) is 0 Å². The van der Waals surface area contributed by atoms with E-state index in [4.69, 9.17) is 4.74 Å². The van der Waals surface area contributed by atoms with E-state index in [1.54, 1.807) is 0 Å². The van der Waals surface area contributed by atoms with Crippen LogP contribution in [0.15, 0.2) is 4.99 Å². The van der Waals surface area contributed by atoms with E-state index in [2.05, 4.69) is 10.3 Å². The van der Waals surface area contributed by atoms with E-state index < -0.39 is 0 Å². The molecule has 2 fully saturated rings. The maximum absolute atomic E-state index is 11.2. The van der Waals surface area contributed by atoms with E-state index in [0.717, 1.165) is 17.3 Å². The largest absolute Gasteiger partial charge is 0.466 e. The lowest BCUT2D eigenvalue weighted by Crippen LogP contribution is -2.45. The van der Waals surface area contributed by atoms with Gasteiger partial charge in [-0.15, -0.1) is 0 Å². The van der Waals surface area contributed by atoms with Crippen LogP contribution < -0.4 is 5.32 Å².